The van der Waals surface area contributed by atoms with Crippen molar-refractivity contribution in [2.45, 2.75) is 32.3 Å². The second kappa shape index (κ2) is 8.58. The number of carbonyl (C=O) groups excluding carboxylic acids is 1. The number of amides is 1. The van der Waals surface area contributed by atoms with Gasteiger partial charge in [0.05, 0.1) is 11.4 Å². The Morgan fingerprint density at radius 1 is 1.39 bits per heavy atom. The van der Waals surface area contributed by atoms with Gasteiger partial charge in [-0.15, -0.1) is 0 Å². The summed E-state index contributed by atoms with van der Waals surface area (Å²) in [6.45, 7) is 6.81. The van der Waals surface area contributed by atoms with Gasteiger partial charge in [-0.2, -0.15) is 0 Å². The number of aryl methyl sites for hydroxylation is 2. The van der Waals surface area contributed by atoms with Gasteiger partial charge >= 0.3 is 0 Å². The molecule has 2 rings (SSSR count). The average Bonchev–Trinajstić information content (AvgIpc) is 3.00. The van der Waals surface area contributed by atoms with Crippen molar-refractivity contribution in [2.24, 2.45) is 0 Å². The fourth-order valence-electron chi connectivity index (χ4n) is 2.20. The van der Waals surface area contributed by atoms with E-state index in [0.717, 1.165) is 17.3 Å². The van der Waals surface area contributed by atoms with Crippen LogP contribution in [0.5, 0.6) is 0 Å². The van der Waals surface area contributed by atoms with Crippen LogP contribution in [0.15, 0.2) is 47.9 Å². The average molecular weight is 329 g/mol. The summed E-state index contributed by atoms with van der Waals surface area (Å²) in [7, 11) is 0. The highest BCUT2D eigenvalue weighted by Crippen LogP contribution is 2.23. The minimum Gasteiger partial charge on any atom is -0.355 e. The summed E-state index contributed by atoms with van der Waals surface area (Å²) in [5.41, 5.74) is 3.50. The number of aromatic nitrogens is 2. The quantitative estimate of drug-likeness (QED) is 0.479. The Labute approximate surface area is 142 Å². The third-order valence-corrected chi connectivity index (χ3v) is 4.40. The number of thioether (sulfide) groups is 1. The van der Waals surface area contributed by atoms with Crippen molar-refractivity contribution >= 4 is 17.7 Å². The van der Waals surface area contributed by atoms with E-state index in [1.807, 2.05) is 29.8 Å². The molecule has 0 saturated carbocycles. The molecule has 0 aliphatic carbocycles. The van der Waals surface area contributed by atoms with Gasteiger partial charge in [-0.25, -0.2) is 4.98 Å². The molecule has 0 unspecified atom stereocenters. The Kier molecular flexibility index (Phi) is 6.47. The smallest absolute Gasteiger partial charge is 0.230 e. The predicted molar refractivity (Wildman–Crippen MR) is 96.2 cm³/mol. The van der Waals surface area contributed by atoms with Crippen molar-refractivity contribution in [3.05, 3.63) is 53.9 Å². The van der Waals surface area contributed by atoms with Crippen molar-refractivity contribution in [3.63, 3.8) is 0 Å². The monoisotopic (exact) mass is 329 g/mol. The third kappa shape index (κ3) is 4.99. The molecule has 0 aliphatic heterocycles. The van der Waals surface area contributed by atoms with Gasteiger partial charge < -0.3 is 5.32 Å². The van der Waals surface area contributed by atoms with Gasteiger partial charge in [0, 0.05) is 18.9 Å². The first kappa shape index (κ1) is 17.3. The summed E-state index contributed by atoms with van der Waals surface area (Å²) in [4.78, 5) is 16.3. The van der Waals surface area contributed by atoms with Crippen LogP contribution in [-0.2, 0) is 4.79 Å². The summed E-state index contributed by atoms with van der Waals surface area (Å²) in [6.07, 6.45) is 8.61. The maximum absolute atomic E-state index is 11.9. The molecule has 0 atom stereocenters. The molecule has 0 radical (unpaired) electrons. The molecule has 1 N–H and O–H groups in total. The molecule has 0 aliphatic rings. The summed E-state index contributed by atoms with van der Waals surface area (Å²) in [6, 6.07) is 6.34. The lowest BCUT2D eigenvalue weighted by molar-refractivity contribution is -0.118. The third-order valence-electron chi connectivity index (χ3n) is 3.43. The molecule has 2 aromatic rings. The molecule has 1 aromatic heterocycles. The zero-order chi connectivity index (χ0) is 16.7. The van der Waals surface area contributed by atoms with E-state index in [1.165, 1.54) is 22.9 Å². The maximum atomic E-state index is 11.9. The van der Waals surface area contributed by atoms with E-state index in [2.05, 4.69) is 42.3 Å². The van der Waals surface area contributed by atoms with Crippen molar-refractivity contribution in [3.8, 4) is 5.69 Å². The molecule has 4 nitrogen and oxygen atoms in total. The van der Waals surface area contributed by atoms with E-state index < -0.39 is 0 Å². The Morgan fingerprint density at radius 3 is 3.00 bits per heavy atom. The molecular weight excluding hydrogens is 306 g/mol. The van der Waals surface area contributed by atoms with Crippen LogP contribution in [0, 0.1) is 13.8 Å². The van der Waals surface area contributed by atoms with Gasteiger partial charge in [0.25, 0.3) is 0 Å². The van der Waals surface area contributed by atoms with E-state index in [9.17, 15) is 4.79 Å². The number of rotatable bonds is 7. The molecule has 0 spiro atoms. The number of benzene rings is 1. The van der Waals surface area contributed by atoms with Crippen LogP contribution in [0.1, 0.15) is 24.5 Å². The number of allylic oxidation sites excluding steroid dienone is 1. The van der Waals surface area contributed by atoms with E-state index in [0.29, 0.717) is 12.3 Å². The van der Waals surface area contributed by atoms with Crippen molar-refractivity contribution < 1.29 is 4.79 Å². The van der Waals surface area contributed by atoms with E-state index in [-0.39, 0.29) is 5.91 Å². The predicted octanol–water partition coefficient (Wildman–Crippen LogP) is 3.66. The Bertz CT molecular complexity index is 691. The summed E-state index contributed by atoms with van der Waals surface area (Å²) in [5, 5.41) is 3.75. The van der Waals surface area contributed by atoms with Crippen molar-refractivity contribution in [2.75, 3.05) is 12.3 Å². The lowest BCUT2D eigenvalue weighted by Gasteiger charge is -2.11. The summed E-state index contributed by atoms with van der Waals surface area (Å²) >= 11 is 1.46. The van der Waals surface area contributed by atoms with Gasteiger partial charge in [0.15, 0.2) is 5.16 Å². The van der Waals surface area contributed by atoms with Crippen LogP contribution in [0.4, 0.5) is 0 Å². The number of hydrogen-bond acceptors (Lipinski definition) is 3. The zero-order valence-corrected chi connectivity index (χ0v) is 14.7. The number of imidazole rings is 1. The van der Waals surface area contributed by atoms with Crippen LogP contribution < -0.4 is 5.32 Å². The normalized spacial score (nSPS) is 11.1. The first-order valence-corrected chi connectivity index (χ1v) is 8.72. The molecule has 1 amide bonds. The highest BCUT2D eigenvalue weighted by molar-refractivity contribution is 7.99. The number of nitrogens with zero attached hydrogens (tertiary/aromatic N) is 2. The maximum Gasteiger partial charge on any atom is 0.230 e. The number of hydrogen-bond donors (Lipinski definition) is 1. The fourth-order valence-corrected chi connectivity index (χ4v) is 3.00. The van der Waals surface area contributed by atoms with Crippen LogP contribution in [0.25, 0.3) is 5.69 Å². The van der Waals surface area contributed by atoms with Crippen LogP contribution in [-0.4, -0.2) is 27.8 Å². The second-order valence-corrected chi connectivity index (χ2v) is 6.31. The van der Waals surface area contributed by atoms with E-state index >= 15 is 0 Å². The molecule has 0 bridgehead atoms. The SMILES string of the molecule is C/C=C/CCNC(=O)CSc1nccn1-c1cc(C)ccc1C. The van der Waals surface area contributed by atoms with Crippen molar-refractivity contribution in [1.82, 2.24) is 14.9 Å². The lowest BCUT2D eigenvalue weighted by Crippen LogP contribution is -2.26. The minimum absolute atomic E-state index is 0.0371. The Morgan fingerprint density at radius 2 is 2.22 bits per heavy atom. The molecule has 1 aromatic carbocycles. The molecule has 5 heteroatoms. The largest absolute Gasteiger partial charge is 0.355 e. The van der Waals surface area contributed by atoms with E-state index in [1.54, 1.807) is 6.20 Å². The molecule has 23 heavy (non-hydrogen) atoms. The minimum atomic E-state index is 0.0371. The van der Waals surface area contributed by atoms with Crippen molar-refractivity contribution in [1.29, 1.82) is 0 Å². The van der Waals surface area contributed by atoms with Crippen LogP contribution in [0.3, 0.4) is 0 Å². The molecule has 0 saturated heterocycles. The zero-order valence-electron chi connectivity index (χ0n) is 13.9. The van der Waals surface area contributed by atoms with E-state index in [4.69, 9.17) is 0 Å². The summed E-state index contributed by atoms with van der Waals surface area (Å²) in [5.74, 6) is 0.410. The summed E-state index contributed by atoms with van der Waals surface area (Å²) < 4.78 is 2.04. The van der Waals surface area contributed by atoms with Gasteiger partial charge in [-0.3, -0.25) is 9.36 Å². The van der Waals surface area contributed by atoms with Gasteiger partial charge in [-0.1, -0.05) is 36.0 Å². The van der Waals surface area contributed by atoms with Crippen LogP contribution in [0.2, 0.25) is 0 Å². The topological polar surface area (TPSA) is 46.9 Å². The Balaban J connectivity index is 1.99. The fraction of sp³-hybridized carbons (Fsp3) is 0.333. The molecule has 122 valence electrons. The lowest BCUT2D eigenvalue weighted by atomic mass is 10.1. The van der Waals surface area contributed by atoms with Gasteiger partial charge in [0.1, 0.15) is 0 Å². The molecule has 1 heterocycles. The second-order valence-electron chi connectivity index (χ2n) is 5.37. The van der Waals surface area contributed by atoms with Gasteiger partial charge in [0.2, 0.25) is 5.91 Å². The van der Waals surface area contributed by atoms with Gasteiger partial charge in [-0.05, 0) is 44.4 Å². The highest BCUT2D eigenvalue weighted by atomic mass is 32.2. The Hall–Kier alpha value is -2.01. The molecule has 0 fully saturated rings. The standard InChI is InChI=1S/C18H23N3OS/c1-4-5-6-9-19-17(22)13-23-18-20-10-11-21(18)16-12-14(2)7-8-15(16)3/h4-5,7-8,10-12H,6,9,13H2,1-3H3,(H,19,22)/b5-4+. The first-order valence-electron chi connectivity index (χ1n) is 7.73. The molecular formula is C18H23N3OS. The first-order chi connectivity index (χ1) is 11.1. The highest BCUT2D eigenvalue weighted by Gasteiger charge is 2.10. The van der Waals surface area contributed by atoms with Crippen LogP contribution >= 0.6 is 11.8 Å². The number of nitrogens with one attached hydrogen (secondary N) is 1. The number of carbonyl (C=O) groups is 1.